The van der Waals surface area contributed by atoms with Gasteiger partial charge in [-0.25, -0.2) is 19.7 Å². The Kier molecular flexibility index (Phi) is 3.51. The first kappa shape index (κ1) is 15.0. The standard InChI is InChI=1S/C15H8N6O3S/c22-11-9-2-1-3-18-13(9)21(6-10(11)14(23)24)15-19-12(20-25-15)8-4-16-7-17-5-8/h1-7H,(H,23,24). The van der Waals surface area contributed by atoms with Crippen LogP contribution in [0.15, 0.2) is 48.0 Å². The second-order valence-corrected chi connectivity index (χ2v) is 5.68. The van der Waals surface area contributed by atoms with Crippen LogP contribution in [0.4, 0.5) is 0 Å². The maximum atomic E-state index is 12.3. The molecule has 0 aliphatic heterocycles. The Morgan fingerprint density at radius 2 is 2.04 bits per heavy atom. The van der Waals surface area contributed by atoms with E-state index in [0.717, 1.165) is 11.5 Å². The molecule has 0 unspecified atom stereocenters. The van der Waals surface area contributed by atoms with Crippen molar-refractivity contribution in [2.45, 2.75) is 0 Å². The summed E-state index contributed by atoms with van der Waals surface area (Å²) in [6.07, 6.45) is 7.28. The predicted octanol–water partition coefficient (Wildman–Crippen LogP) is 1.39. The van der Waals surface area contributed by atoms with E-state index in [1.165, 1.54) is 29.4 Å². The van der Waals surface area contributed by atoms with Crippen LogP contribution in [-0.2, 0) is 0 Å². The molecule has 0 saturated carbocycles. The number of hydrogen-bond donors (Lipinski definition) is 1. The van der Waals surface area contributed by atoms with Crippen molar-refractivity contribution >= 4 is 28.5 Å². The van der Waals surface area contributed by atoms with Crippen molar-refractivity contribution in [3.63, 3.8) is 0 Å². The van der Waals surface area contributed by atoms with Gasteiger partial charge in [0.05, 0.1) is 10.9 Å². The van der Waals surface area contributed by atoms with Crippen molar-refractivity contribution in [3.05, 3.63) is 59.0 Å². The normalized spacial score (nSPS) is 10.9. The van der Waals surface area contributed by atoms with Crippen LogP contribution in [0, 0.1) is 0 Å². The van der Waals surface area contributed by atoms with Gasteiger partial charge < -0.3 is 5.11 Å². The predicted molar refractivity (Wildman–Crippen MR) is 88.8 cm³/mol. The minimum Gasteiger partial charge on any atom is -0.477 e. The number of fused-ring (bicyclic) bond motifs is 1. The van der Waals surface area contributed by atoms with Crippen molar-refractivity contribution in [2.75, 3.05) is 0 Å². The van der Waals surface area contributed by atoms with Crippen molar-refractivity contribution in [2.24, 2.45) is 0 Å². The lowest BCUT2D eigenvalue weighted by molar-refractivity contribution is 0.0695. The molecule has 0 atom stereocenters. The Morgan fingerprint density at radius 1 is 1.24 bits per heavy atom. The molecule has 0 bridgehead atoms. The highest BCUT2D eigenvalue weighted by Crippen LogP contribution is 2.21. The third kappa shape index (κ3) is 2.54. The summed E-state index contributed by atoms with van der Waals surface area (Å²) in [5.74, 6) is -0.911. The number of carboxylic acid groups (broad SMARTS) is 1. The highest BCUT2D eigenvalue weighted by molar-refractivity contribution is 7.08. The molecule has 4 heterocycles. The van der Waals surface area contributed by atoms with Crippen LogP contribution < -0.4 is 5.43 Å². The van der Waals surface area contributed by atoms with E-state index in [1.807, 2.05) is 0 Å². The van der Waals surface area contributed by atoms with E-state index in [-0.39, 0.29) is 10.9 Å². The number of rotatable bonds is 3. The molecule has 4 aromatic heterocycles. The lowest BCUT2D eigenvalue weighted by atomic mass is 10.2. The van der Waals surface area contributed by atoms with Gasteiger partial charge in [-0.2, -0.15) is 9.36 Å². The molecule has 1 N–H and O–H groups in total. The molecule has 0 aliphatic carbocycles. The largest absolute Gasteiger partial charge is 0.477 e. The minimum atomic E-state index is -1.31. The first-order valence-corrected chi connectivity index (χ1v) is 7.75. The first-order chi connectivity index (χ1) is 12.1. The maximum absolute atomic E-state index is 12.3. The summed E-state index contributed by atoms with van der Waals surface area (Å²) in [5, 5.41) is 9.87. The van der Waals surface area contributed by atoms with E-state index >= 15 is 0 Å². The maximum Gasteiger partial charge on any atom is 0.341 e. The van der Waals surface area contributed by atoms with Gasteiger partial charge in [-0.3, -0.25) is 9.36 Å². The summed E-state index contributed by atoms with van der Waals surface area (Å²) in [4.78, 5) is 40.1. The zero-order valence-electron chi connectivity index (χ0n) is 12.4. The van der Waals surface area contributed by atoms with Gasteiger partial charge in [0.2, 0.25) is 10.6 Å². The van der Waals surface area contributed by atoms with Gasteiger partial charge in [0, 0.05) is 36.3 Å². The second kappa shape index (κ2) is 5.83. The van der Waals surface area contributed by atoms with Crippen LogP contribution in [0.5, 0.6) is 0 Å². The fourth-order valence-corrected chi connectivity index (χ4v) is 2.97. The monoisotopic (exact) mass is 352 g/mol. The van der Waals surface area contributed by atoms with Gasteiger partial charge >= 0.3 is 5.97 Å². The van der Waals surface area contributed by atoms with Gasteiger partial charge in [-0.05, 0) is 12.1 Å². The van der Waals surface area contributed by atoms with Crippen LogP contribution in [0.2, 0.25) is 0 Å². The zero-order valence-corrected chi connectivity index (χ0v) is 13.2. The van der Waals surface area contributed by atoms with Gasteiger partial charge in [0.25, 0.3) is 0 Å². The van der Waals surface area contributed by atoms with E-state index in [4.69, 9.17) is 0 Å². The molecule has 4 rings (SSSR count). The quantitative estimate of drug-likeness (QED) is 0.586. The van der Waals surface area contributed by atoms with Gasteiger partial charge in [-0.1, -0.05) is 0 Å². The third-order valence-electron chi connectivity index (χ3n) is 3.43. The summed E-state index contributed by atoms with van der Waals surface area (Å²) in [5.41, 5.74) is -0.0142. The number of hydrogen-bond acceptors (Lipinski definition) is 8. The average Bonchev–Trinajstić information content (AvgIpc) is 3.13. The van der Waals surface area contributed by atoms with E-state index in [0.29, 0.717) is 22.2 Å². The summed E-state index contributed by atoms with van der Waals surface area (Å²) in [6.45, 7) is 0. The average molecular weight is 352 g/mol. The highest BCUT2D eigenvalue weighted by Gasteiger charge is 2.18. The molecular weight excluding hydrogens is 344 g/mol. The van der Waals surface area contributed by atoms with E-state index in [2.05, 4.69) is 24.3 Å². The Balaban J connectivity index is 1.96. The number of pyridine rings is 2. The van der Waals surface area contributed by atoms with Crippen LogP contribution >= 0.6 is 11.5 Å². The summed E-state index contributed by atoms with van der Waals surface area (Å²) < 4.78 is 5.69. The van der Waals surface area contributed by atoms with Crippen molar-refractivity contribution in [3.8, 4) is 16.5 Å². The number of aromatic carboxylic acids is 1. The fourth-order valence-electron chi connectivity index (χ4n) is 2.30. The van der Waals surface area contributed by atoms with Crippen LogP contribution in [0.3, 0.4) is 0 Å². The Labute approximate surface area is 143 Å². The fraction of sp³-hybridized carbons (Fsp3) is 0. The van der Waals surface area contributed by atoms with Crippen molar-refractivity contribution < 1.29 is 9.90 Å². The smallest absolute Gasteiger partial charge is 0.341 e. The molecular formula is C15H8N6O3S. The highest BCUT2D eigenvalue weighted by atomic mass is 32.1. The van der Waals surface area contributed by atoms with E-state index in [9.17, 15) is 14.7 Å². The van der Waals surface area contributed by atoms with Gasteiger partial charge in [0.15, 0.2) is 5.82 Å². The SMILES string of the molecule is O=C(O)c1cn(-c2nc(-c3cncnc3)ns2)c2ncccc2c1=O. The molecule has 0 radical (unpaired) electrons. The molecule has 25 heavy (non-hydrogen) atoms. The van der Waals surface area contributed by atoms with E-state index < -0.39 is 11.4 Å². The van der Waals surface area contributed by atoms with Crippen molar-refractivity contribution in [1.29, 1.82) is 0 Å². The van der Waals surface area contributed by atoms with Crippen LogP contribution in [0.25, 0.3) is 27.6 Å². The Morgan fingerprint density at radius 3 is 2.80 bits per heavy atom. The number of aromatic nitrogens is 6. The number of carboxylic acids is 1. The molecule has 0 amide bonds. The summed E-state index contributed by atoms with van der Waals surface area (Å²) in [6, 6.07) is 3.10. The second-order valence-electron chi connectivity index (χ2n) is 4.95. The molecule has 0 fully saturated rings. The van der Waals surface area contributed by atoms with Crippen molar-refractivity contribution in [1.82, 2.24) is 28.9 Å². The third-order valence-corrected chi connectivity index (χ3v) is 4.15. The molecule has 4 aromatic rings. The zero-order chi connectivity index (χ0) is 17.4. The molecule has 9 nitrogen and oxygen atoms in total. The lowest BCUT2D eigenvalue weighted by Gasteiger charge is -2.07. The number of nitrogens with zero attached hydrogens (tertiary/aromatic N) is 6. The first-order valence-electron chi connectivity index (χ1n) is 6.98. The molecule has 0 aromatic carbocycles. The van der Waals surface area contributed by atoms with E-state index in [1.54, 1.807) is 18.5 Å². The van der Waals surface area contributed by atoms with Gasteiger partial charge in [-0.15, -0.1) is 0 Å². The molecule has 0 aliphatic rings. The number of carbonyl (C=O) groups is 1. The molecule has 122 valence electrons. The topological polar surface area (TPSA) is 124 Å². The summed E-state index contributed by atoms with van der Waals surface area (Å²) in [7, 11) is 0. The Bertz CT molecular complexity index is 1150. The molecule has 0 saturated heterocycles. The lowest BCUT2D eigenvalue weighted by Crippen LogP contribution is -2.18. The van der Waals surface area contributed by atoms with Crippen LogP contribution in [-0.4, -0.2) is 40.0 Å². The van der Waals surface area contributed by atoms with Gasteiger partial charge in [0.1, 0.15) is 17.5 Å². The molecule has 0 spiro atoms. The van der Waals surface area contributed by atoms with Crippen LogP contribution in [0.1, 0.15) is 10.4 Å². The molecule has 10 heteroatoms. The summed E-state index contributed by atoms with van der Waals surface area (Å²) >= 11 is 1.05. The Hall–Kier alpha value is -3.53. The minimum absolute atomic E-state index is 0.196.